The van der Waals surface area contributed by atoms with Gasteiger partial charge in [0.2, 0.25) is 0 Å². The zero-order chi connectivity index (χ0) is 12.7. The number of hydrogen-bond donors (Lipinski definition) is 1. The van der Waals surface area contributed by atoms with Crippen LogP contribution in [0.1, 0.15) is 25.3 Å². The highest BCUT2D eigenvalue weighted by molar-refractivity contribution is 5.28. The van der Waals surface area contributed by atoms with Crippen molar-refractivity contribution in [3.63, 3.8) is 0 Å². The molecule has 1 aromatic carbocycles. The van der Waals surface area contributed by atoms with E-state index in [1.807, 2.05) is 12.1 Å². The summed E-state index contributed by atoms with van der Waals surface area (Å²) in [6.45, 7) is 4.09. The normalized spacial score (nSPS) is 12.8. The minimum atomic E-state index is 0.306. The van der Waals surface area contributed by atoms with Gasteiger partial charge in [-0.25, -0.2) is 0 Å². The van der Waals surface area contributed by atoms with Crippen molar-refractivity contribution in [3.8, 4) is 5.75 Å². The Bertz CT molecular complexity index is 326. The first-order valence-electron chi connectivity index (χ1n) is 6.19. The van der Waals surface area contributed by atoms with Crippen LogP contribution in [-0.2, 0) is 6.54 Å². The summed E-state index contributed by atoms with van der Waals surface area (Å²) in [7, 11) is 3.84. The highest BCUT2D eigenvalue weighted by Crippen LogP contribution is 2.14. The third kappa shape index (κ3) is 5.71. The quantitative estimate of drug-likeness (QED) is 0.789. The monoisotopic (exact) mass is 236 g/mol. The molecular weight excluding hydrogens is 212 g/mol. The topological polar surface area (TPSA) is 38.5 Å². The molecule has 17 heavy (non-hydrogen) atoms. The van der Waals surface area contributed by atoms with Crippen molar-refractivity contribution in [3.05, 3.63) is 29.8 Å². The maximum absolute atomic E-state index is 5.73. The van der Waals surface area contributed by atoms with Gasteiger partial charge in [0, 0.05) is 12.6 Å². The molecule has 3 heteroatoms. The van der Waals surface area contributed by atoms with Crippen LogP contribution >= 0.6 is 0 Å². The maximum atomic E-state index is 5.73. The first-order chi connectivity index (χ1) is 8.11. The molecule has 3 nitrogen and oxygen atoms in total. The van der Waals surface area contributed by atoms with Crippen molar-refractivity contribution >= 4 is 0 Å². The Morgan fingerprint density at radius 3 is 2.82 bits per heavy atom. The van der Waals surface area contributed by atoms with Crippen molar-refractivity contribution in [2.45, 2.75) is 32.4 Å². The van der Waals surface area contributed by atoms with Gasteiger partial charge in [-0.2, -0.15) is 0 Å². The molecule has 0 aliphatic heterocycles. The van der Waals surface area contributed by atoms with Crippen LogP contribution in [-0.4, -0.2) is 31.6 Å². The van der Waals surface area contributed by atoms with E-state index in [1.165, 1.54) is 5.56 Å². The summed E-state index contributed by atoms with van der Waals surface area (Å²) in [6.07, 6.45) is 2.24. The Morgan fingerprint density at radius 2 is 2.18 bits per heavy atom. The lowest BCUT2D eigenvalue weighted by Gasteiger charge is -2.17. The van der Waals surface area contributed by atoms with E-state index in [-0.39, 0.29) is 0 Å². The number of rotatable bonds is 7. The summed E-state index contributed by atoms with van der Waals surface area (Å²) in [5.74, 6) is 0.923. The molecule has 96 valence electrons. The largest absolute Gasteiger partial charge is 0.497 e. The molecule has 0 aromatic heterocycles. The van der Waals surface area contributed by atoms with E-state index in [4.69, 9.17) is 10.5 Å². The second kappa shape index (κ2) is 7.30. The molecule has 0 heterocycles. The zero-order valence-electron chi connectivity index (χ0n) is 11.1. The van der Waals surface area contributed by atoms with E-state index in [1.54, 1.807) is 7.11 Å². The van der Waals surface area contributed by atoms with Crippen molar-refractivity contribution in [2.24, 2.45) is 5.73 Å². The van der Waals surface area contributed by atoms with Crippen LogP contribution < -0.4 is 10.5 Å². The molecular formula is C14H24N2O. The van der Waals surface area contributed by atoms with Crippen molar-refractivity contribution in [1.82, 2.24) is 4.90 Å². The van der Waals surface area contributed by atoms with Gasteiger partial charge in [0.15, 0.2) is 0 Å². The van der Waals surface area contributed by atoms with Gasteiger partial charge in [-0.3, -0.25) is 0 Å². The summed E-state index contributed by atoms with van der Waals surface area (Å²) < 4.78 is 5.21. The molecule has 0 aliphatic carbocycles. The van der Waals surface area contributed by atoms with Crippen molar-refractivity contribution in [1.29, 1.82) is 0 Å². The predicted molar refractivity (Wildman–Crippen MR) is 72.2 cm³/mol. The second-order valence-corrected chi connectivity index (χ2v) is 4.71. The van der Waals surface area contributed by atoms with E-state index in [0.29, 0.717) is 6.04 Å². The third-order valence-corrected chi connectivity index (χ3v) is 2.79. The van der Waals surface area contributed by atoms with E-state index in [0.717, 1.165) is 31.7 Å². The smallest absolute Gasteiger partial charge is 0.119 e. The number of methoxy groups -OCH3 is 1. The molecule has 0 radical (unpaired) electrons. The average Bonchev–Trinajstić information content (AvgIpc) is 2.28. The Hall–Kier alpha value is -1.06. The molecule has 1 rings (SSSR count). The summed E-state index contributed by atoms with van der Waals surface area (Å²) >= 11 is 0. The minimum absolute atomic E-state index is 0.306. The number of hydrogen-bond acceptors (Lipinski definition) is 3. The molecule has 0 aliphatic rings. The van der Waals surface area contributed by atoms with Crippen LogP contribution in [0.3, 0.4) is 0 Å². The molecule has 0 amide bonds. The van der Waals surface area contributed by atoms with Gasteiger partial charge in [0.1, 0.15) is 5.75 Å². The second-order valence-electron chi connectivity index (χ2n) is 4.71. The fraction of sp³-hybridized carbons (Fsp3) is 0.571. The van der Waals surface area contributed by atoms with Crippen molar-refractivity contribution < 1.29 is 4.74 Å². The summed E-state index contributed by atoms with van der Waals surface area (Å²) in [6, 6.07) is 8.52. The third-order valence-electron chi connectivity index (χ3n) is 2.79. The van der Waals surface area contributed by atoms with Crippen LogP contribution in [0, 0.1) is 0 Å². The Balaban J connectivity index is 2.36. The molecule has 1 aromatic rings. The average molecular weight is 236 g/mol. The van der Waals surface area contributed by atoms with Gasteiger partial charge in [0.05, 0.1) is 7.11 Å². The maximum Gasteiger partial charge on any atom is 0.119 e. The standard InChI is InChI=1S/C14H24N2O/c1-12(15)6-5-9-16(2)11-13-7-4-8-14(10-13)17-3/h4,7-8,10,12H,5-6,9,11,15H2,1-3H3. The lowest BCUT2D eigenvalue weighted by atomic mass is 10.1. The lowest BCUT2D eigenvalue weighted by molar-refractivity contribution is 0.314. The van der Waals surface area contributed by atoms with E-state index < -0.39 is 0 Å². The van der Waals surface area contributed by atoms with Gasteiger partial charge in [-0.15, -0.1) is 0 Å². The highest BCUT2D eigenvalue weighted by atomic mass is 16.5. The van der Waals surface area contributed by atoms with E-state index >= 15 is 0 Å². The fourth-order valence-electron chi connectivity index (χ4n) is 1.84. The Labute approximate surface area is 105 Å². The van der Waals surface area contributed by atoms with Crippen LogP contribution in [0.2, 0.25) is 0 Å². The molecule has 0 saturated heterocycles. The predicted octanol–water partition coefficient (Wildman–Crippen LogP) is 2.25. The SMILES string of the molecule is COc1cccc(CN(C)CCCC(C)N)c1. The summed E-state index contributed by atoms with van der Waals surface area (Å²) in [4.78, 5) is 2.32. The van der Waals surface area contributed by atoms with Gasteiger partial charge in [-0.05, 0) is 51.1 Å². The van der Waals surface area contributed by atoms with Crippen LogP contribution in [0.4, 0.5) is 0 Å². The molecule has 0 spiro atoms. The first kappa shape index (κ1) is 14.0. The van der Waals surface area contributed by atoms with Crippen molar-refractivity contribution in [2.75, 3.05) is 20.7 Å². The van der Waals surface area contributed by atoms with E-state index in [2.05, 4.69) is 31.0 Å². The molecule has 0 fully saturated rings. The summed E-state index contributed by atoms with van der Waals surface area (Å²) in [5, 5.41) is 0. The molecule has 0 bridgehead atoms. The Morgan fingerprint density at radius 1 is 1.41 bits per heavy atom. The number of benzene rings is 1. The van der Waals surface area contributed by atoms with Gasteiger partial charge in [-0.1, -0.05) is 12.1 Å². The molecule has 2 N–H and O–H groups in total. The van der Waals surface area contributed by atoms with E-state index in [9.17, 15) is 0 Å². The van der Waals surface area contributed by atoms with Crippen LogP contribution in [0.25, 0.3) is 0 Å². The summed E-state index contributed by atoms with van der Waals surface area (Å²) in [5.41, 5.74) is 7.02. The number of ether oxygens (including phenoxy) is 1. The fourth-order valence-corrected chi connectivity index (χ4v) is 1.84. The first-order valence-corrected chi connectivity index (χ1v) is 6.19. The zero-order valence-corrected chi connectivity index (χ0v) is 11.1. The van der Waals surface area contributed by atoms with Crippen LogP contribution in [0.15, 0.2) is 24.3 Å². The lowest BCUT2D eigenvalue weighted by Crippen LogP contribution is -2.22. The minimum Gasteiger partial charge on any atom is -0.497 e. The van der Waals surface area contributed by atoms with Gasteiger partial charge >= 0.3 is 0 Å². The Kier molecular flexibility index (Phi) is 6.01. The number of nitrogens with zero attached hydrogens (tertiary/aromatic N) is 1. The number of nitrogens with two attached hydrogens (primary N) is 1. The molecule has 1 atom stereocenters. The van der Waals surface area contributed by atoms with Gasteiger partial charge in [0.25, 0.3) is 0 Å². The van der Waals surface area contributed by atoms with Gasteiger partial charge < -0.3 is 15.4 Å². The molecule has 0 saturated carbocycles. The highest BCUT2D eigenvalue weighted by Gasteiger charge is 2.02. The molecule has 1 unspecified atom stereocenters. The van der Waals surface area contributed by atoms with Crippen LogP contribution in [0.5, 0.6) is 5.75 Å².